The number of sulfonamides is 1. The van der Waals surface area contributed by atoms with Crippen LogP contribution in [0.25, 0.3) is 11.0 Å². The SMILES string of the molecule is CS(=O)(=O)NC1CCC(Oc2ncc3ncnc(Nc4ccc(F)c(Cl)c4)c3n2)CC1. The van der Waals surface area contributed by atoms with E-state index in [0.29, 0.717) is 48.2 Å². The zero-order valence-corrected chi connectivity index (χ0v) is 18.1. The van der Waals surface area contributed by atoms with Gasteiger partial charge in [0.2, 0.25) is 10.0 Å². The summed E-state index contributed by atoms with van der Waals surface area (Å²) >= 11 is 5.85. The van der Waals surface area contributed by atoms with E-state index in [4.69, 9.17) is 16.3 Å². The van der Waals surface area contributed by atoms with E-state index in [1.165, 1.54) is 24.5 Å². The summed E-state index contributed by atoms with van der Waals surface area (Å²) in [6.45, 7) is 0. The van der Waals surface area contributed by atoms with Gasteiger partial charge in [-0.25, -0.2) is 32.5 Å². The summed E-state index contributed by atoms with van der Waals surface area (Å²) in [6.07, 6.45) is 6.66. The second-order valence-electron chi connectivity index (χ2n) is 7.34. The van der Waals surface area contributed by atoms with Gasteiger partial charge in [-0.1, -0.05) is 11.6 Å². The van der Waals surface area contributed by atoms with Gasteiger partial charge in [0.1, 0.15) is 29.3 Å². The number of hydrogen-bond donors (Lipinski definition) is 2. The van der Waals surface area contributed by atoms with Crippen LogP contribution in [0.1, 0.15) is 25.7 Å². The number of nitrogens with zero attached hydrogens (tertiary/aromatic N) is 4. The van der Waals surface area contributed by atoms with Crippen LogP contribution in [0.15, 0.2) is 30.7 Å². The Balaban J connectivity index is 1.49. The van der Waals surface area contributed by atoms with Gasteiger partial charge in [-0.15, -0.1) is 0 Å². The van der Waals surface area contributed by atoms with Crippen LogP contribution in [-0.2, 0) is 10.0 Å². The largest absolute Gasteiger partial charge is 0.460 e. The normalized spacial score (nSPS) is 19.3. The molecule has 0 spiro atoms. The Morgan fingerprint density at radius 2 is 1.94 bits per heavy atom. The first-order valence-corrected chi connectivity index (χ1v) is 11.9. The molecule has 1 fully saturated rings. The lowest BCUT2D eigenvalue weighted by Crippen LogP contribution is -2.39. The van der Waals surface area contributed by atoms with Crippen LogP contribution in [0.2, 0.25) is 5.02 Å². The molecule has 12 heteroatoms. The van der Waals surface area contributed by atoms with E-state index in [-0.39, 0.29) is 23.2 Å². The van der Waals surface area contributed by atoms with E-state index in [0.717, 1.165) is 6.26 Å². The summed E-state index contributed by atoms with van der Waals surface area (Å²) in [6, 6.07) is 4.34. The second kappa shape index (κ2) is 8.85. The molecule has 2 aromatic heterocycles. The number of nitrogens with one attached hydrogen (secondary N) is 2. The maximum atomic E-state index is 13.4. The molecule has 0 radical (unpaired) electrons. The molecule has 0 saturated heterocycles. The molecule has 3 aromatic rings. The monoisotopic (exact) mass is 466 g/mol. The average molecular weight is 467 g/mol. The summed E-state index contributed by atoms with van der Waals surface area (Å²) < 4.78 is 44.8. The van der Waals surface area contributed by atoms with Gasteiger partial charge in [0.25, 0.3) is 0 Å². The van der Waals surface area contributed by atoms with E-state index < -0.39 is 15.8 Å². The predicted molar refractivity (Wildman–Crippen MR) is 114 cm³/mol. The van der Waals surface area contributed by atoms with Crippen LogP contribution in [0.4, 0.5) is 15.9 Å². The third-order valence-corrected chi connectivity index (χ3v) is 5.92. The van der Waals surface area contributed by atoms with Crippen molar-refractivity contribution in [1.29, 1.82) is 0 Å². The van der Waals surface area contributed by atoms with Crippen LogP contribution in [0.5, 0.6) is 6.01 Å². The Morgan fingerprint density at radius 1 is 1.16 bits per heavy atom. The molecule has 2 heterocycles. The van der Waals surface area contributed by atoms with Crippen LogP contribution in [0, 0.1) is 5.82 Å². The number of benzene rings is 1. The highest BCUT2D eigenvalue weighted by Gasteiger charge is 2.25. The maximum Gasteiger partial charge on any atom is 0.317 e. The van der Waals surface area contributed by atoms with Gasteiger partial charge in [-0.3, -0.25) is 0 Å². The van der Waals surface area contributed by atoms with E-state index >= 15 is 0 Å². The number of aromatic nitrogens is 4. The number of ether oxygens (including phenoxy) is 1. The van der Waals surface area contributed by atoms with E-state index in [2.05, 4.69) is 30.0 Å². The van der Waals surface area contributed by atoms with Crippen molar-refractivity contribution in [3.63, 3.8) is 0 Å². The Labute approximate surface area is 183 Å². The molecule has 0 unspecified atom stereocenters. The molecule has 0 atom stereocenters. The third-order valence-electron chi connectivity index (χ3n) is 4.86. The summed E-state index contributed by atoms with van der Waals surface area (Å²) in [4.78, 5) is 17.0. The number of hydrogen-bond acceptors (Lipinski definition) is 8. The van der Waals surface area contributed by atoms with Crippen molar-refractivity contribution in [3.05, 3.63) is 41.6 Å². The first kappa shape index (κ1) is 21.6. The number of fused-ring (bicyclic) bond motifs is 1. The Kier molecular flexibility index (Phi) is 6.17. The van der Waals surface area contributed by atoms with Gasteiger partial charge in [0.05, 0.1) is 17.5 Å². The molecule has 1 aromatic carbocycles. The van der Waals surface area contributed by atoms with Gasteiger partial charge in [0, 0.05) is 11.7 Å². The molecule has 1 aliphatic rings. The lowest BCUT2D eigenvalue weighted by molar-refractivity contribution is 0.132. The van der Waals surface area contributed by atoms with E-state index in [9.17, 15) is 12.8 Å². The Hall–Kier alpha value is -2.63. The van der Waals surface area contributed by atoms with Gasteiger partial charge in [0.15, 0.2) is 5.82 Å². The zero-order valence-electron chi connectivity index (χ0n) is 16.5. The highest BCUT2D eigenvalue weighted by atomic mass is 35.5. The predicted octanol–water partition coefficient (Wildman–Crippen LogP) is 3.20. The number of halogens is 2. The lowest BCUT2D eigenvalue weighted by Gasteiger charge is -2.28. The molecule has 31 heavy (non-hydrogen) atoms. The molecule has 0 amide bonds. The lowest BCUT2D eigenvalue weighted by atomic mass is 9.94. The molecule has 0 bridgehead atoms. The third kappa shape index (κ3) is 5.54. The van der Waals surface area contributed by atoms with Crippen molar-refractivity contribution in [2.45, 2.75) is 37.8 Å². The topological polar surface area (TPSA) is 119 Å². The van der Waals surface area contributed by atoms with Gasteiger partial charge < -0.3 is 10.1 Å². The molecule has 164 valence electrons. The fraction of sp³-hybridized carbons (Fsp3) is 0.368. The minimum Gasteiger partial charge on any atom is -0.460 e. The summed E-state index contributed by atoms with van der Waals surface area (Å²) in [7, 11) is -3.23. The average Bonchev–Trinajstić information content (AvgIpc) is 2.72. The Bertz CT molecular complexity index is 1200. The first-order valence-electron chi connectivity index (χ1n) is 9.60. The van der Waals surface area contributed by atoms with Crippen molar-refractivity contribution >= 4 is 44.2 Å². The highest BCUT2D eigenvalue weighted by molar-refractivity contribution is 7.88. The van der Waals surface area contributed by atoms with Crippen LogP contribution in [-0.4, -0.2) is 46.8 Å². The second-order valence-corrected chi connectivity index (χ2v) is 9.53. The molecular weight excluding hydrogens is 447 g/mol. The Morgan fingerprint density at radius 3 is 2.65 bits per heavy atom. The fourth-order valence-electron chi connectivity index (χ4n) is 3.45. The quantitative estimate of drug-likeness (QED) is 0.568. The highest BCUT2D eigenvalue weighted by Crippen LogP contribution is 2.27. The molecule has 4 rings (SSSR count). The van der Waals surface area contributed by atoms with Crippen LogP contribution in [0.3, 0.4) is 0 Å². The smallest absolute Gasteiger partial charge is 0.317 e. The van der Waals surface area contributed by atoms with E-state index in [1.54, 1.807) is 6.20 Å². The minimum absolute atomic E-state index is 0.0111. The van der Waals surface area contributed by atoms with Crippen LogP contribution < -0.4 is 14.8 Å². The molecule has 1 saturated carbocycles. The molecule has 1 aliphatic carbocycles. The first-order chi connectivity index (χ1) is 14.8. The zero-order chi connectivity index (χ0) is 22.0. The summed E-state index contributed by atoms with van der Waals surface area (Å²) in [5, 5.41) is 3.05. The molecule has 9 nitrogen and oxygen atoms in total. The minimum atomic E-state index is -3.23. The van der Waals surface area contributed by atoms with Crippen molar-refractivity contribution in [1.82, 2.24) is 24.7 Å². The summed E-state index contributed by atoms with van der Waals surface area (Å²) in [5.41, 5.74) is 1.50. The molecule has 0 aliphatic heterocycles. The fourth-order valence-corrected chi connectivity index (χ4v) is 4.47. The van der Waals surface area contributed by atoms with Crippen molar-refractivity contribution in [3.8, 4) is 6.01 Å². The standard InChI is InChI=1S/C19H20ClFN6O3S/c1-31(28,29)27-11-2-5-13(6-3-11)30-19-22-9-16-17(26-19)18(24-10-23-16)25-12-4-7-15(21)14(20)8-12/h4,7-11,13,27H,2-3,5-6H2,1H3,(H,23,24,25). The molecular formula is C19H20ClFN6O3S. The van der Waals surface area contributed by atoms with Gasteiger partial charge in [-0.2, -0.15) is 4.98 Å². The summed E-state index contributed by atoms with van der Waals surface area (Å²) in [5.74, 6) is -0.111. The van der Waals surface area contributed by atoms with Gasteiger partial charge in [-0.05, 0) is 43.9 Å². The number of rotatable bonds is 6. The van der Waals surface area contributed by atoms with Crippen molar-refractivity contribution in [2.75, 3.05) is 11.6 Å². The van der Waals surface area contributed by atoms with Crippen molar-refractivity contribution < 1.29 is 17.5 Å². The van der Waals surface area contributed by atoms with Gasteiger partial charge >= 0.3 is 6.01 Å². The van der Waals surface area contributed by atoms with E-state index in [1.807, 2.05) is 0 Å². The number of anilines is 2. The van der Waals surface area contributed by atoms with Crippen LogP contribution >= 0.6 is 11.6 Å². The molecule has 2 N–H and O–H groups in total. The maximum absolute atomic E-state index is 13.4. The van der Waals surface area contributed by atoms with Crippen molar-refractivity contribution in [2.24, 2.45) is 0 Å².